The Kier molecular flexibility index (Phi) is 5.20. The Morgan fingerprint density at radius 1 is 1.18 bits per heavy atom. The number of hydrogen-bond donors (Lipinski definition) is 1. The Morgan fingerprint density at radius 3 is 2.29 bits per heavy atom. The van der Waals surface area contributed by atoms with Crippen molar-refractivity contribution < 1.29 is 14.3 Å². The monoisotopic (exact) mass is 235 g/mol. The molecular formula is C13H17NO3. The van der Waals surface area contributed by atoms with Crippen molar-refractivity contribution in [2.24, 2.45) is 0 Å². The number of hydrogen-bond acceptors (Lipinski definition) is 3. The maximum atomic E-state index is 11.6. The van der Waals surface area contributed by atoms with Gasteiger partial charge in [-0.15, -0.1) is 0 Å². The number of amides is 1. The molecule has 0 saturated carbocycles. The maximum absolute atomic E-state index is 11.6. The van der Waals surface area contributed by atoms with Gasteiger partial charge in [-0.1, -0.05) is 13.3 Å². The predicted molar refractivity (Wildman–Crippen MR) is 65.0 cm³/mol. The normalized spacial score (nSPS) is 9.76. The first-order valence-corrected chi connectivity index (χ1v) is 5.65. The Labute approximate surface area is 101 Å². The average Bonchev–Trinajstić information content (AvgIpc) is 2.38. The molecule has 4 heteroatoms. The van der Waals surface area contributed by atoms with Crippen molar-refractivity contribution in [2.75, 3.05) is 13.7 Å². The predicted octanol–water partition coefficient (Wildman–Crippen LogP) is 2.00. The molecule has 0 bridgehead atoms. The summed E-state index contributed by atoms with van der Waals surface area (Å²) in [5.74, 6) is -0.516. The highest BCUT2D eigenvalue weighted by Gasteiger charge is 2.08. The lowest BCUT2D eigenvalue weighted by molar-refractivity contribution is 0.0600. The lowest BCUT2D eigenvalue weighted by atomic mass is 10.1. The van der Waals surface area contributed by atoms with Crippen LogP contribution in [0, 0.1) is 0 Å². The van der Waals surface area contributed by atoms with Gasteiger partial charge >= 0.3 is 5.97 Å². The summed E-state index contributed by atoms with van der Waals surface area (Å²) in [5.41, 5.74) is 0.992. The average molecular weight is 235 g/mol. The molecule has 0 aliphatic rings. The zero-order valence-corrected chi connectivity index (χ0v) is 10.2. The molecule has 17 heavy (non-hydrogen) atoms. The molecule has 1 N–H and O–H groups in total. The minimum atomic E-state index is -0.400. The number of benzene rings is 1. The quantitative estimate of drug-likeness (QED) is 0.627. The molecule has 0 aliphatic carbocycles. The summed E-state index contributed by atoms with van der Waals surface area (Å²) in [5, 5.41) is 2.81. The molecule has 0 aliphatic heterocycles. The molecule has 0 heterocycles. The molecule has 0 aromatic heterocycles. The Morgan fingerprint density at radius 2 is 1.76 bits per heavy atom. The van der Waals surface area contributed by atoms with E-state index < -0.39 is 5.97 Å². The van der Waals surface area contributed by atoms with E-state index in [2.05, 4.69) is 17.0 Å². The number of nitrogens with one attached hydrogen (secondary N) is 1. The van der Waals surface area contributed by atoms with E-state index in [4.69, 9.17) is 0 Å². The molecule has 4 nitrogen and oxygen atoms in total. The van der Waals surface area contributed by atoms with Crippen LogP contribution < -0.4 is 5.32 Å². The second-order valence-electron chi connectivity index (χ2n) is 3.68. The largest absolute Gasteiger partial charge is 0.465 e. The van der Waals surface area contributed by atoms with Gasteiger partial charge in [-0.05, 0) is 30.7 Å². The van der Waals surface area contributed by atoms with Gasteiger partial charge in [-0.25, -0.2) is 4.79 Å². The third-order valence-corrected chi connectivity index (χ3v) is 2.38. The number of methoxy groups -OCH3 is 1. The highest BCUT2D eigenvalue weighted by molar-refractivity contribution is 5.96. The van der Waals surface area contributed by atoms with Crippen molar-refractivity contribution in [3.8, 4) is 0 Å². The van der Waals surface area contributed by atoms with Crippen LogP contribution in [0.2, 0.25) is 0 Å². The molecule has 0 radical (unpaired) electrons. The highest BCUT2D eigenvalue weighted by Crippen LogP contribution is 2.05. The highest BCUT2D eigenvalue weighted by atomic mass is 16.5. The molecule has 0 saturated heterocycles. The van der Waals surface area contributed by atoms with Crippen molar-refractivity contribution in [3.63, 3.8) is 0 Å². The number of unbranched alkanes of at least 4 members (excludes halogenated alkanes) is 1. The van der Waals surface area contributed by atoms with Crippen molar-refractivity contribution in [3.05, 3.63) is 35.4 Å². The first kappa shape index (κ1) is 13.2. The molecule has 92 valence electrons. The van der Waals surface area contributed by atoms with Gasteiger partial charge in [0.25, 0.3) is 5.91 Å². The second-order valence-corrected chi connectivity index (χ2v) is 3.68. The molecule has 1 rings (SSSR count). The summed E-state index contributed by atoms with van der Waals surface area (Å²) < 4.78 is 4.58. The van der Waals surface area contributed by atoms with Crippen LogP contribution in [-0.4, -0.2) is 25.5 Å². The van der Waals surface area contributed by atoms with Crippen molar-refractivity contribution in [1.29, 1.82) is 0 Å². The van der Waals surface area contributed by atoms with Crippen LogP contribution >= 0.6 is 0 Å². The number of esters is 1. The van der Waals surface area contributed by atoms with Gasteiger partial charge in [0.05, 0.1) is 12.7 Å². The van der Waals surface area contributed by atoms with Crippen LogP contribution in [-0.2, 0) is 4.74 Å². The number of ether oxygens (including phenoxy) is 1. The van der Waals surface area contributed by atoms with Gasteiger partial charge in [0.15, 0.2) is 0 Å². The molecule has 0 spiro atoms. The fraction of sp³-hybridized carbons (Fsp3) is 0.385. The smallest absolute Gasteiger partial charge is 0.337 e. The molecule has 1 aromatic rings. The van der Waals surface area contributed by atoms with Crippen LogP contribution in [0.15, 0.2) is 24.3 Å². The van der Waals surface area contributed by atoms with E-state index in [1.165, 1.54) is 7.11 Å². The van der Waals surface area contributed by atoms with Gasteiger partial charge in [0, 0.05) is 12.1 Å². The van der Waals surface area contributed by atoms with Crippen molar-refractivity contribution in [2.45, 2.75) is 19.8 Å². The van der Waals surface area contributed by atoms with Gasteiger partial charge in [0.1, 0.15) is 0 Å². The molecule has 0 atom stereocenters. The third kappa shape index (κ3) is 3.90. The Hall–Kier alpha value is -1.84. The third-order valence-electron chi connectivity index (χ3n) is 2.38. The summed E-state index contributed by atoms with van der Waals surface area (Å²) in [7, 11) is 1.33. The maximum Gasteiger partial charge on any atom is 0.337 e. The number of carbonyl (C=O) groups excluding carboxylic acids is 2. The SMILES string of the molecule is CCCCNC(=O)c1ccc(C(=O)OC)cc1. The van der Waals surface area contributed by atoms with Crippen molar-refractivity contribution >= 4 is 11.9 Å². The minimum absolute atomic E-state index is 0.116. The lowest BCUT2D eigenvalue weighted by Gasteiger charge is -2.04. The van der Waals surface area contributed by atoms with E-state index >= 15 is 0 Å². The Bertz CT molecular complexity index is 384. The fourth-order valence-electron chi connectivity index (χ4n) is 1.36. The van der Waals surface area contributed by atoms with Gasteiger partial charge in [0.2, 0.25) is 0 Å². The zero-order valence-electron chi connectivity index (χ0n) is 10.2. The zero-order chi connectivity index (χ0) is 12.7. The van der Waals surface area contributed by atoms with E-state index in [0.29, 0.717) is 17.7 Å². The topological polar surface area (TPSA) is 55.4 Å². The van der Waals surface area contributed by atoms with E-state index in [1.54, 1.807) is 24.3 Å². The van der Waals surface area contributed by atoms with E-state index in [1.807, 2.05) is 0 Å². The first-order chi connectivity index (χ1) is 8.19. The standard InChI is InChI=1S/C13H17NO3/c1-3-4-9-14-12(15)10-5-7-11(8-6-10)13(16)17-2/h5-8H,3-4,9H2,1-2H3,(H,14,15). The molecule has 1 amide bonds. The first-order valence-electron chi connectivity index (χ1n) is 5.65. The summed E-state index contributed by atoms with van der Waals surface area (Å²) in [6, 6.07) is 6.40. The number of carbonyl (C=O) groups is 2. The van der Waals surface area contributed by atoms with Gasteiger partial charge in [-0.2, -0.15) is 0 Å². The van der Waals surface area contributed by atoms with Gasteiger partial charge < -0.3 is 10.1 Å². The van der Waals surface area contributed by atoms with E-state index in [0.717, 1.165) is 12.8 Å². The molecule has 0 fully saturated rings. The van der Waals surface area contributed by atoms with Gasteiger partial charge in [-0.3, -0.25) is 4.79 Å². The lowest BCUT2D eigenvalue weighted by Crippen LogP contribution is -2.24. The van der Waals surface area contributed by atoms with Crippen LogP contribution in [0.3, 0.4) is 0 Å². The van der Waals surface area contributed by atoms with Crippen LogP contribution in [0.4, 0.5) is 0 Å². The van der Waals surface area contributed by atoms with E-state index in [9.17, 15) is 9.59 Å². The summed E-state index contributed by atoms with van der Waals surface area (Å²) in [4.78, 5) is 22.8. The molecular weight excluding hydrogens is 218 g/mol. The second kappa shape index (κ2) is 6.68. The summed E-state index contributed by atoms with van der Waals surface area (Å²) in [6.45, 7) is 2.74. The summed E-state index contributed by atoms with van der Waals surface area (Å²) >= 11 is 0. The van der Waals surface area contributed by atoms with Crippen LogP contribution in [0.25, 0.3) is 0 Å². The van der Waals surface area contributed by atoms with Crippen molar-refractivity contribution in [1.82, 2.24) is 5.32 Å². The Balaban J connectivity index is 2.61. The molecule has 0 unspecified atom stereocenters. The summed E-state index contributed by atoms with van der Waals surface area (Å²) in [6.07, 6.45) is 2.01. The minimum Gasteiger partial charge on any atom is -0.465 e. The van der Waals surface area contributed by atoms with Crippen LogP contribution in [0.5, 0.6) is 0 Å². The molecule has 1 aromatic carbocycles. The van der Waals surface area contributed by atoms with Crippen LogP contribution in [0.1, 0.15) is 40.5 Å². The number of rotatable bonds is 5. The van der Waals surface area contributed by atoms with E-state index in [-0.39, 0.29) is 5.91 Å². The fourth-order valence-corrected chi connectivity index (χ4v) is 1.36.